The quantitative estimate of drug-likeness (QED) is 0.205. The molecule has 1 fully saturated rings. The van der Waals surface area contributed by atoms with Gasteiger partial charge in [0.1, 0.15) is 0 Å². The molecule has 0 amide bonds. The van der Waals surface area contributed by atoms with Gasteiger partial charge < -0.3 is 0 Å². The van der Waals surface area contributed by atoms with Gasteiger partial charge in [-0.15, -0.1) is 0 Å². The molecular formula is C27H60N3+3. The summed E-state index contributed by atoms with van der Waals surface area (Å²) in [5.41, 5.74) is 0. The molecule has 3 heteroatoms. The van der Waals surface area contributed by atoms with E-state index in [4.69, 9.17) is 0 Å². The summed E-state index contributed by atoms with van der Waals surface area (Å²) in [5, 5.41) is 0. The van der Waals surface area contributed by atoms with Crippen LogP contribution in [0.5, 0.6) is 0 Å². The Hall–Kier alpha value is -0.120. The zero-order chi connectivity index (χ0) is 22.3. The summed E-state index contributed by atoms with van der Waals surface area (Å²) in [6.07, 6.45) is 16.5. The summed E-state index contributed by atoms with van der Waals surface area (Å²) in [7, 11) is 0. The van der Waals surface area contributed by atoms with Crippen LogP contribution in [0.4, 0.5) is 0 Å². The number of rotatable bonds is 18. The number of hydrogen-bond donors (Lipinski definition) is 0. The number of quaternary nitrogens is 3. The van der Waals surface area contributed by atoms with Gasteiger partial charge in [0.25, 0.3) is 0 Å². The Balaban J connectivity index is 3.38. The molecule has 1 aliphatic rings. The first-order chi connectivity index (χ1) is 14.5. The van der Waals surface area contributed by atoms with E-state index < -0.39 is 0 Å². The molecule has 0 unspecified atom stereocenters. The van der Waals surface area contributed by atoms with Crippen LogP contribution in [-0.4, -0.2) is 72.7 Å². The minimum absolute atomic E-state index is 1.35. The Kier molecular flexibility index (Phi) is 13.8. The summed E-state index contributed by atoms with van der Waals surface area (Å²) < 4.78 is 4.26. The zero-order valence-corrected chi connectivity index (χ0v) is 22.2. The molecule has 0 atom stereocenters. The molecule has 1 saturated heterocycles. The fourth-order valence-electron chi connectivity index (χ4n) is 6.19. The van der Waals surface area contributed by atoms with Crippen molar-refractivity contribution in [1.82, 2.24) is 0 Å². The summed E-state index contributed by atoms with van der Waals surface area (Å²) in [5.74, 6) is 0. The second-order valence-electron chi connectivity index (χ2n) is 10.9. The van der Waals surface area contributed by atoms with Crippen molar-refractivity contribution < 1.29 is 13.4 Å². The fourth-order valence-corrected chi connectivity index (χ4v) is 6.19. The van der Waals surface area contributed by atoms with Crippen LogP contribution in [0.15, 0.2) is 0 Å². The normalized spacial score (nSPS) is 19.8. The third-order valence-electron chi connectivity index (χ3n) is 7.72. The molecule has 0 aromatic heterocycles. The molecule has 0 aliphatic carbocycles. The molecule has 0 N–H and O–H groups in total. The molecular weight excluding hydrogens is 366 g/mol. The van der Waals surface area contributed by atoms with E-state index >= 15 is 0 Å². The van der Waals surface area contributed by atoms with E-state index in [1.165, 1.54) is 150 Å². The standard InChI is InChI=1S/C27H60N3/c1-7-13-19-28(20-14-8-2)25-29(21-15-9-3,22-16-10-4)27-30(26-28,23-17-11-5)24-18-12-6/h7-27H2,1-6H3/q+3. The predicted octanol–water partition coefficient (Wildman–Crippen LogP) is 7.12. The first-order valence-corrected chi connectivity index (χ1v) is 14.0. The molecule has 180 valence electrons. The predicted molar refractivity (Wildman–Crippen MR) is 134 cm³/mol. The van der Waals surface area contributed by atoms with E-state index in [-0.39, 0.29) is 0 Å². The molecule has 0 aromatic carbocycles. The molecule has 1 rings (SSSR count). The lowest BCUT2D eigenvalue weighted by Gasteiger charge is -2.58. The van der Waals surface area contributed by atoms with Crippen LogP contribution in [0.1, 0.15) is 119 Å². The van der Waals surface area contributed by atoms with Crippen molar-refractivity contribution in [1.29, 1.82) is 0 Å². The Morgan fingerprint density at radius 1 is 0.333 bits per heavy atom. The Bertz CT molecular complexity index is 323. The minimum atomic E-state index is 1.35. The van der Waals surface area contributed by atoms with Gasteiger partial charge in [0.15, 0.2) is 0 Å². The molecule has 0 aromatic rings. The first-order valence-electron chi connectivity index (χ1n) is 14.0. The van der Waals surface area contributed by atoms with Crippen LogP contribution in [0.25, 0.3) is 0 Å². The lowest BCUT2D eigenvalue weighted by molar-refractivity contribution is -1.27. The SMILES string of the molecule is CCCC[N+]1(CCCC)C[N+](CCCC)(CCCC)C[N+](CCCC)(CCCC)C1. The second kappa shape index (κ2) is 14.9. The highest BCUT2D eigenvalue weighted by Crippen LogP contribution is 2.33. The van der Waals surface area contributed by atoms with Crippen molar-refractivity contribution in [3.63, 3.8) is 0 Å². The van der Waals surface area contributed by atoms with Gasteiger partial charge in [0.2, 0.25) is 20.0 Å². The van der Waals surface area contributed by atoms with Crippen molar-refractivity contribution in [3.8, 4) is 0 Å². The van der Waals surface area contributed by atoms with Crippen LogP contribution in [-0.2, 0) is 0 Å². The highest BCUT2D eigenvalue weighted by atomic mass is 15.7. The van der Waals surface area contributed by atoms with Crippen LogP contribution < -0.4 is 0 Å². The maximum atomic E-state index is 2.40. The third kappa shape index (κ3) is 8.79. The van der Waals surface area contributed by atoms with Crippen LogP contribution >= 0.6 is 0 Å². The average Bonchev–Trinajstić information content (AvgIpc) is 2.76. The number of nitrogens with zero attached hydrogens (tertiary/aromatic N) is 3. The van der Waals surface area contributed by atoms with Crippen molar-refractivity contribution in [2.45, 2.75) is 119 Å². The summed E-state index contributed by atoms with van der Waals surface area (Å²) in [4.78, 5) is 0. The van der Waals surface area contributed by atoms with Crippen molar-refractivity contribution in [2.75, 3.05) is 59.3 Å². The average molecular weight is 427 g/mol. The monoisotopic (exact) mass is 426 g/mol. The number of unbranched alkanes of at least 4 members (excludes halogenated alkanes) is 6. The fraction of sp³-hybridized carbons (Fsp3) is 1.00. The summed E-state index contributed by atoms with van der Waals surface area (Å²) in [6.45, 7) is 27.2. The molecule has 0 bridgehead atoms. The third-order valence-corrected chi connectivity index (χ3v) is 7.72. The van der Waals surface area contributed by atoms with E-state index in [9.17, 15) is 0 Å². The van der Waals surface area contributed by atoms with Crippen molar-refractivity contribution in [2.24, 2.45) is 0 Å². The van der Waals surface area contributed by atoms with Crippen molar-refractivity contribution in [3.05, 3.63) is 0 Å². The molecule has 30 heavy (non-hydrogen) atoms. The van der Waals surface area contributed by atoms with E-state index in [0.29, 0.717) is 0 Å². The maximum Gasteiger partial charge on any atom is 0.216 e. The van der Waals surface area contributed by atoms with E-state index in [2.05, 4.69) is 41.5 Å². The molecule has 0 radical (unpaired) electrons. The summed E-state index contributed by atoms with van der Waals surface area (Å²) >= 11 is 0. The van der Waals surface area contributed by atoms with Crippen LogP contribution in [0.3, 0.4) is 0 Å². The molecule has 1 aliphatic heterocycles. The Labute approximate surface area is 191 Å². The van der Waals surface area contributed by atoms with Gasteiger partial charge in [-0.3, -0.25) is 0 Å². The van der Waals surface area contributed by atoms with Crippen molar-refractivity contribution >= 4 is 0 Å². The van der Waals surface area contributed by atoms with Gasteiger partial charge in [-0.05, 0) is 38.5 Å². The molecule has 0 spiro atoms. The van der Waals surface area contributed by atoms with Crippen LogP contribution in [0, 0.1) is 0 Å². The van der Waals surface area contributed by atoms with E-state index in [1.54, 1.807) is 0 Å². The van der Waals surface area contributed by atoms with Gasteiger partial charge in [-0.25, -0.2) is 13.4 Å². The Morgan fingerprint density at radius 2 is 0.500 bits per heavy atom. The minimum Gasteiger partial charge on any atom is -0.231 e. The highest BCUT2D eigenvalue weighted by Gasteiger charge is 2.54. The highest BCUT2D eigenvalue weighted by molar-refractivity contribution is 4.53. The van der Waals surface area contributed by atoms with Crippen LogP contribution in [0.2, 0.25) is 0 Å². The lowest BCUT2D eigenvalue weighted by atomic mass is 10.1. The van der Waals surface area contributed by atoms with E-state index in [1.807, 2.05) is 0 Å². The van der Waals surface area contributed by atoms with Gasteiger partial charge in [-0.1, -0.05) is 80.1 Å². The van der Waals surface area contributed by atoms with Gasteiger partial charge >= 0.3 is 0 Å². The second-order valence-corrected chi connectivity index (χ2v) is 10.9. The van der Waals surface area contributed by atoms with Gasteiger partial charge in [0.05, 0.1) is 39.3 Å². The molecule has 1 heterocycles. The number of hydrogen-bond acceptors (Lipinski definition) is 0. The van der Waals surface area contributed by atoms with Gasteiger partial charge in [0, 0.05) is 0 Å². The first kappa shape index (κ1) is 27.9. The lowest BCUT2D eigenvalue weighted by Crippen LogP contribution is -2.79. The maximum absolute atomic E-state index is 2.40. The molecule has 0 saturated carbocycles. The smallest absolute Gasteiger partial charge is 0.216 e. The Morgan fingerprint density at radius 3 is 0.633 bits per heavy atom. The molecule has 3 nitrogen and oxygen atoms in total. The van der Waals surface area contributed by atoms with Gasteiger partial charge in [-0.2, -0.15) is 0 Å². The largest absolute Gasteiger partial charge is 0.231 e. The topological polar surface area (TPSA) is 0 Å². The van der Waals surface area contributed by atoms with E-state index in [0.717, 1.165) is 0 Å². The zero-order valence-electron chi connectivity index (χ0n) is 22.2. The summed E-state index contributed by atoms with van der Waals surface area (Å²) in [6, 6.07) is 0.